The molecule has 3 rings (SSSR count). The second kappa shape index (κ2) is 6.62. The molecule has 1 aromatic carbocycles. The standard InChI is InChI=1S/C15H19ClN4O3S/c1-18-11-17-15(14(18)16)24(21,22)20-8-6-19(7-9-20)12-4-3-5-13(10-12)23-2/h3-5,10-11H,6-9H2,1-2H3. The first-order chi connectivity index (χ1) is 11.4. The Balaban J connectivity index is 1.74. The van der Waals surface area contributed by atoms with Gasteiger partial charge in [-0.2, -0.15) is 4.31 Å². The summed E-state index contributed by atoms with van der Waals surface area (Å²) < 4.78 is 33.5. The fourth-order valence-corrected chi connectivity index (χ4v) is 4.49. The van der Waals surface area contributed by atoms with E-state index in [4.69, 9.17) is 16.3 Å². The van der Waals surface area contributed by atoms with Crippen molar-refractivity contribution in [1.82, 2.24) is 13.9 Å². The summed E-state index contributed by atoms with van der Waals surface area (Å²) in [6.07, 6.45) is 1.40. The Bertz CT molecular complexity index is 829. The van der Waals surface area contributed by atoms with Gasteiger partial charge < -0.3 is 14.2 Å². The summed E-state index contributed by atoms with van der Waals surface area (Å²) in [5.74, 6) is 0.780. The van der Waals surface area contributed by atoms with Crippen molar-refractivity contribution in [2.45, 2.75) is 5.03 Å². The van der Waals surface area contributed by atoms with Crippen LogP contribution in [0.2, 0.25) is 5.15 Å². The van der Waals surface area contributed by atoms with Crippen LogP contribution in [0.1, 0.15) is 0 Å². The predicted molar refractivity (Wildman–Crippen MR) is 92.2 cm³/mol. The maximum atomic E-state index is 12.7. The van der Waals surface area contributed by atoms with E-state index in [1.54, 1.807) is 14.2 Å². The van der Waals surface area contributed by atoms with Crippen LogP contribution < -0.4 is 9.64 Å². The van der Waals surface area contributed by atoms with Gasteiger partial charge in [-0.25, -0.2) is 13.4 Å². The number of hydrogen-bond acceptors (Lipinski definition) is 5. The second-order valence-corrected chi connectivity index (χ2v) is 7.76. The van der Waals surface area contributed by atoms with Crippen LogP contribution in [0.25, 0.3) is 0 Å². The van der Waals surface area contributed by atoms with E-state index in [0.717, 1.165) is 11.4 Å². The highest BCUT2D eigenvalue weighted by Gasteiger charge is 2.32. The van der Waals surface area contributed by atoms with E-state index in [-0.39, 0.29) is 10.2 Å². The van der Waals surface area contributed by atoms with Crippen LogP contribution in [-0.2, 0) is 17.1 Å². The molecule has 0 saturated carbocycles. The largest absolute Gasteiger partial charge is 0.497 e. The molecule has 0 aliphatic carbocycles. The number of piperazine rings is 1. The number of anilines is 1. The molecule has 2 heterocycles. The van der Waals surface area contributed by atoms with Crippen LogP contribution in [0.5, 0.6) is 5.75 Å². The Kier molecular flexibility index (Phi) is 4.71. The number of sulfonamides is 1. The molecule has 1 fully saturated rings. The van der Waals surface area contributed by atoms with Gasteiger partial charge in [-0.15, -0.1) is 0 Å². The average Bonchev–Trinajstić information content (AvgIpc) is 2.95. The lowest BCUT2D eigenvalue weighted by Gasteiger charge is -2.35. The van der Waals surface area contributed by atoms with Gasteiger partial charge in [0, 0.05) is 45.0 Å². The lowest BCUT2D eigenvalue weighted by Crippen LogP contribution is -2.48. The Labute approximate surface area is 146 Å². The maximum Gasteiger partial charge on any atom is 0.263 e. The monoisotopic (exact) mass is 370 g/mol. The summed E-state index contributed by atoms with van der Waals surface area (Å²) in [6, 6.07) is 7.74. The summed E-state index contributed by atoms with van der Waals surface area (Å²) in [6.45, 7) is 1.95. The lowest BCUT2D eigenvalue weighted by molar-refractivity contribution is 0.382. The number of methoxy groups -OCH3 is 1. The van der Waals surface area contributed by atoms with Crippen LogP contribution in [0, 0.1) is 0 Å². The minimum Gasteiger partial charge on any atom is -0.497 e. The number of rotatable bonds is 4. The molecule has 1 aromatic heterocycles. The van der Waals surface area contributed by atoms with Crippen LogP contribution in [0.3, 0.4) is 0 Å². The van der Waals surface area contributed by atoms with Crippen LogP contribution in [-0.4, -0.2) is 55.6 Å². The van der Waals surface area contributed by atoms with Gasteiger partial charge in [0.05, 0.1) is 13.4 Å². The van der Waals surface area contributed by atoms with E-state index in [0.29, 0.717) is 26.2 Å². The quantitative estimate of drug-likeness (QED) is 0.817. The lowest BCUT2D eigenvalue weighted by atomic mass is 10.2. The number of aromatic nitrogens is 2. The minimum absolute atomic E-state index is 0.0819. The normalized spacial score (nSPS) is 16.4. The molecule has 0 spiro atoms. The fraction of sp³-hybridized carbons (Fsp3) is 0.400. The van der Waals surface area contributed by atoms with E-state index < -0.39 is 10.0 Å². The summed E-state index contributed by atoms with van der Waals surface area (Å²) in [5, 5.41) is 0.0479. The average molecular weight is 371 g/mol. The van der Waals surface area contributed by atoms with Crippen molar-refractivity contribution in [2.24, 2.45) is 7.05 Å². The van der Waals surface area contributed by atoms with Crippen molar-refractivity contribution in [1.29, 1.82) is 0 Å². The van der Waals surface area contributed by atoms with E-state index in [2.05, 4.69) is 9.88 Å². The molecule has 0 atom stereocenters. The SMILES string of the molecule is COc1cccc(N2CCN(S(=O)(=O)c3ncn(C)c3Cl)CC2)c1. The molecule has 24 heavy (non-hydrogen) atoms. The Hall–Kier alpha value is -1.77. The second-order valence-electron chi connectivity index (χ2n) is 5.54. The van der Waals surface area contributed by atoms with Gasteiger partial charge in [-0.05, 0) is 12.1 Å². The first-order valence-electron chi connectivity index (χ1n) is 7.49. The van der Waals surface area contributed by atoms with Crippen molar-refractivity contribution in [3.05, 3.63) is 35.7 Å². The predicted octanol–water partition coefficient (Wildman–Crippen LogP) is 1.59. The smallest absolute Gasteiger partial charge is 0.263 e. The number of nitrogens with zero attached hydrogens (tertiary/aromatic N) is 4. The maximum absolute atomic E-state index is 12.7. The molecule has 0 bridgehead atoms. The molecule has 0 N–H and O–H groups in total. The first kappa shape index (κ1) is 17.1. The highest BCUT2D eigenvalue weighted by atomic mass is 35.5. The number of halogens is 1. The third-order valence-electron chi connectivity index (χ3n) is 4.08. The molecule has 130 valence electrons. The summed E-state index contributed by atoms with van der Waals surface area (Å²) in [4.78, 5) is 6.07. The van der Waals surface area contributed by atoms with E-state index in [1.165, 1.54) is 15.2 Å². The molecule has 7 nitrogen and oxygen atoms in total. The molecule has 0 radical (unpaired) electrons. The zero-order chi connectivity index (χ0) is 17.3. The van der Waals surface area contributed by atoms with E-state index in [1.807, 2.05) is 24.3 Å². The minimum atomic E-state index is -3.67. The van der Waals surface area contributed by atoms with Gasteiger partial charge in [-0.1, -0.05) is 17.7 Å². The van der Waals surface area contributed by atoms with Crippen molar-refractivity contribution in [3.63, 3.8) is 0 Å². The van der Waals surface area contributed by atoms with Crippen LogP contribution in [0.4, 0.5) is 5.69 Å². The fourth-order valence-electron chi connectivity index (χ4n) is 2.68. The number of benzene rings is 1. The van der Waals surface area contributed by atoms with Gasteiger partial charge in [-0.3, -0.25) is 0 Å². The van der Waals surface area contributed by atoms with Gasteiger partial charge in [0.25, 0.3) is 10.0 Å². The van der Waals surface area contributed by atoms with Crippen LogP contribution in [0.15, 0.2) is 35.6 Å². The molecule has 1 aliphatic rings. The van der Waals surface area contributed by atoms with E-state index >= 15 is 0 Å². The van der Waals surface area contributed by atoms with Gasteiger partial charge in [0.2, 0.25) is 5.03 Å². The van der Waals surface area contributed by atoms with E-state index in [9.17, 15) is 8.42 Å². The first-order valence-corrected chi connectivity index (χ1v) is 9.31. The van der Waals surface area contributed by atoms with Crippen molar-refractivity contribution in [2.75, 3.05) is 38.2 Å². The van der Waals surface area contributed by atoms with Gasteiger partial charge >= 0.3 is 0 Å². The highest BCUT2D eigenvalue weighted by Crippen LogP contribution is 2.26. The highest BCUT2D eigenvalue weighted by molar-refractivity contribution is 7.89. The Morgan fingerprint density at radius 3 is 2.50 bits per heavy atom. The Morgan fingerprint density at radius 1 is 1.21 bits per heavy atom. The number of ether oxygens (including phenoxy) is 1. The third-order valence-corrected chi connectivity index (χ3v) is 6.47. The molecule has 0 unspecified atom stereocenters. The summed E-state index contributed by atoms with van der Waals surface area (Å²) in [7, 11) is -0.385. The molecular formula is C15H19ClN4O3S. The molecule has 2 aromatic rings. The third kappa shape index (κ3) is 3.09. The number of hydrogen-bond donors (Lipinski definition) is 0. The zero-order valence-electron chi connectivity index (χ0n) is 13.5. The van der Waals surface area contributed by atoms with Crippen molar-refractivity contribution < 1.29 is 13.2 Å². The molecule has 1 saturated heterocycles. The molecular weight excluding hydrogens is 352 g/mol. The van der Waals surface area contributed by atoms with Crippen molar-refractivity contribution in [3.8, 4) is 5.75 Å². The Morgan fingerprint density at radius 2 is 1.92 bits per heavy atom. The van der Waals surface area contributed by atoms with Crippen molar-refractivity contribution >= 4 is 27.3 Å². The number of aryl methyl sites for hydroxylation is 1. The zero-order valence-corrected chi connectivity index (χ0v) is 15.1. The molecule has 9 heteroatoms. The van der Waals surface area contributed by atoms with Gasteiger partial charge in [0.1, 0.15) is 10.9 Å². The molecule has 1 aliphatic heterocycles. The number of imidazole rings is 1. The molecule has 0 amide bonds. The topological polar surface area (TPSA) is 67.7 Å². The van der Waals surface area contributed by atoms with Gasteiger partial charge in [0.15, 0.2) is 0 Å². The summed E-state index contributed by atoms with van der Waals surface area (Å²) in [5.41, 5.74) is 1.02. The van der Waals surface area contributed by atoms with Crippen LogP contribution >= 0.6 is 11.6 Å². The summed E-state index contributed by atoms with van der Waals surface area (Å²) >= 11 is 6.04.